The van der Waals surface area contributed by atoms with Crippen molar-refractivity contribution < 1.29 is 9.21 Å². The second-order valence-corrected chi connectivity index (χ2v) is 5.76. The SMILES string of the molecule is Cc1occc1CN(C)C(=O)C1(C(N)=S)CCCC1. The largest absolute Gasteiger partial charge is 0.469 e. The summed E-state index contributed by atoms with van der Waals surface area (Å²) in [5.41, 5.74) is 6.24. The van der Waals surface area contributed by atoms with E-state index in [2.05, 4.69) is 0 Å². The quantitative estimate of drug-likeness (QED) is 0.860. The molecule has 1 aromatic rings. The van der Waals surface area contributed by atoms with Crippen LogP contribution >= 0.6 is 12.2 Å². The predicted molar refractivity (Wildman–Crippen MR) is 77.6 cm³/mol. The average Bonchev–Trinajstić information content (AvgIpc) is 2.99. The van der Waals surface area contributed by atoms with Gasteiger partial charge < -0.3 is 15.1 Å². The molecule has 0 spiro atoms. The lowest BCUT2D eigenvalue weighted by atomic mass is 9.84. The molecule has 0 unspecified atom stereocenters. The van der Waals surface area contributed by atoms with Gasteiger partial charge in [0, 0.05) is 19.2 Å². The molecule has 1 aromatic heterocycles. The van der Waals surface area contributed by atoms with Crippen LogP contribution in [0.3, 0.4) is 0 Å². The summed E-state index contributed by atoms with van der Waals surface area (Å²) < 4.78 is 5.25. The number of carbonyl (C=O) groups excluding carboxylic acids is 1. The fourth-order valence-corrected chi connectivity index (χ4v) is 3.10. The predicted octanol–water partition coefficient (Wildman–Crippen LogP) is 2.39. The standard InChI is InChI=1S/C14H20N2O2S/c1-10-11(5-8-18-10)9-16(2)13(17)14(12(15)19)6-3-4-7-14/h5,8H,3-4,6-7,9H2,1-2H3,(H2,15,19). The van der Waals surface area contributed by atoms with Crippen molar-refractivity contribution >= 4 is 23.1 Å². The van der Waals surface area contributed by atoms with E-state index in [1.165, 1.54) is 0 Å². The van der Waals surface area contributed by atoms with Crippen LogP contribution in [0.5, 0.6) is 0 Å². The van der Waals surface area contributed by atoms with Crippen molar-refractivity contribution in [3.8, 4) is 0 Å². The van der Waals surface area contributed by atoms with Crippen molar-refractivity contribution in [3.05, 3.63) is 23.7 Å². The second kappa shape index (κ2) is 5.33. The molecule has 104 valence electrons. The molecule has 4 nitrogen and oxygen atoms in total. The van der Waals surface area contributed by atoms with E-state index in [0.29, 0.717) is 11.5 Å². The molecule has 19 heavy (non-hydrogen) atoms. The molecule has 0 aromatic carbocycles. The Morgan fingerprint density at radius 2 is 2.16 bits per heavy atom. The fourth-order valence-electron chi connectivity index (χ4n) is 2.81. The summed E-state index contributed by atoms with van der Waals surface area (Å²) in [4.78, 5) is 14.7. The molecular formula is C14H20N2O2S. The zero-order chi connectivity index (χ0) is 14.0. The minimum absolute atomic E-state index is 0.0399. The summed E-state index contributed by atoms with van der Waals surface area (Å²) in [5.74, 6) is 0.883. The maximum Gasteiger partial charge on any atom is 0.235 e. The zero-order valence-corrected chi connectivity index (χ0v) is 12.3. The van der Waals surface area contributed by atoms with Crippen molar-refractivity contribution in [1.29, 1.82) is 0 Å². The first-order chi connectivity index (χ1) is 8.97. The van der Waals surface area contributed by atoms with Crippen LogP contribution in [-0.2, 0) is 11.3 Å². The zero-order valence-electron chi connectivity index (χ0n) is 11.4. The van der Waals surface area contributed by atoms with Gasteiger partial charge >= 0.3 is 0 Å². The molecule has 0 atom stereocenters. The van der Waals surface area contributed by atoms with Crippen LogP contribution < -0.4 is 5.73 Å². The van der Waals surface area contributed by atoms with E-state index in [-0.39, 0.29) is 5.91 Å². The number of hydrogen-bond acceptors (Lipinski definition) is 3. The van der Waals surface area contributed by atoms with E-state index in [9.17, 15) is 4.79 Å². The van der Waals surface area contributed by atoms with Gasteiger partial charge in [0.2, 0.25) is 5.91 Å². The first-order valence-electron chi connectivity index (χ1n) is 6.56. The molecule has 1 fully saturated rings. The minimum atomic E-state index is -0.623. The van der Waals surface area contributed by atoms with Gasteiger partial charge in [0.15, 0.2) is 0 Å². The summed E-state index contributed by atoms with van der Waals surface area (Å²) in [5, 5.41) is 0. The third kappa shape index (κ3) is 2.52. The molecule has 2 rings (SSSR count). The first-order valence-corrected chi connectivity index (χ1v) is 6.96. The maximum atomic E-state index is 12.7. The number of carbonyl (C=O) groups is 1. The van der Waals surface area contributed by atoms with Crippen LogP contribution in [-0.4, -0.2) is 22.8 Å². The van der Waals surface area contributed by atoms with Gasteiger partial charge in [0.25, 0.3) is 0 Å². The molecule has 0 bridgehead atoms. The number of furan rings is 1. The Bertz CT molecular complexity index is 489. The van der Waals surface area contributed by atoms with E-state index in [4.69, 9.17) is 22.4 Å². The highest BCUT2D eigenvalue weighted by atomic mass is 32.1. The summed E-state index contributed by atoms with van der Waals surface area (Å²) in [6, 6.07) is 1.89. The van der Waals surface area contributed by atoms with Crippen LogP contribution in [0.4, 0.5) is 0 Å². The van der Waals surface area contributed by atoms with Crippen molar-refractivity contribution in [3.63, 3.8) is 0 Å². The Labute approximate surface area is 118 Å². The maximum absolute atomic E-state index is 12.7. The van der Waals surface area contributed by atoms with Gasteiger partial charge in [0.1, 0.15) is 5.76 Å². The molecule has 1 saturated carbocycles. The van der Waals surface area contributed by atoms with Gasteiger partial charge in [-0.15, -0.1) is 0 Å². The van der Waals surface area contributed by atoms with Crippen molar-refractivity contribution in [2.24, 2.45) is 11.1 Å². The number of thiocarbonyl (C=S) groups is 1. The topological polar surface area (TPSA) is 59.5 Å². The highest BCUT2D eigenvalue weighted by Gasteiger charge is 2.45. The Morgan fingerprint density at radius 1 is 1.53 bits per heavy atom. The number of amides is 1. The smallest absolute Gasteiger partial charge is 0.235 e. The van der Waals surface area contributed by atoms with E-state index >= 15 is 0 Å². The van der Waals surface area contributed by atoms with E-state index in [0.717, 1.165) is 37.0 Å². The number of nitrogens with two attached hydrogens (primary N) is 1. The molecule has 2 N–H and O–H groups in total. The number of nitrogens with zero attached hydrogens (tertiary/aromatic N) is 1. The number of hydrogen-bond donors (Lipinski definition) is 1. The summed E-state index contributed by atoms with van der Waals surface area (Å²) in [6.07, 6.45) is 5.22. The molecule has 1 heterocycles. The Balaban J connectivity index is 2.14. The van der Waals surface area contributed by atoms with Gasteiger partial charge in [-0.2, -0.15) is 0 Å². The summed E-state index contributed by atoms with van der Waals surface area (Å²) in [7, 11) is 1.80. The molecule has 1 aliphatic rings. The van der Waals surface area contributed by atoms with Gasteiger partial charge in [-0.1, -0.05) is 25.1 Å². The van der Waals surface area contributed by atoms with Crippen molar-refractivity contribution in [2.45, 2.75) is 39.2 Å². The lowest BCUT2D eigenvalue weighted by molar-refractivity contribution is -0.137. The monoisotopic (exact) mass is 280 g/mol. The summed E-state index contributed by atoms with van der Waals surface area (Å²) in [6.45, 7) is 2.43. The average molecular weight is 280 g/mol. The number of aryl methyl sites for hydroxylation is 1. The molecule has 1 amide bonds. The Kier molecular flexibility index (Phi) is 3.94. The fraction of sp³-hybridized carbons (Fsp3) is 0.571. The van der Waals surface area contributed by atoms with Gasteiger partial charge in [0.05, 0.1) is 16.7 Å². The van der Waals surface area contributed by atoms with E-state index < -0.39 is 5.41 Å². The Morgan fingerprint density at radius 3 is 2.63 bits per heavy atom. The second-order valence-electron chi connectivity index (χ2n) is 5.32. The minimum Gasteiger partial charge on any atom is -0.469 e. The van der Waals surface area contributed by atoms with Crippen LogP contribution in [0.15, 0.2) is 16.7 Å². The van der Waals surface area contributed by atoms with Crippen LogP contribution in [0, 0.1) is 12.3 Å². The van der Waals surface area contributed by atoms with Gasteiger partial charge in [-0.3, -0.25) is 4.79 Å². The molecular weight excluding hydrogens is 260 g/mol. The Hall–Kier alpha value is -1.36. The number of rotatable bonds is 4. The molecule has 5 heteroatoms. The molecule has 0 aliphatic heterocycles. The molecule has 1 aliphatic carbocycles. The third-order valence-electron chi connectivity index (χ3n) is 4.06. The van der Waals surface area contributed by atoms with Crippen molar-refractivity contribution in [2.75, 3.05) is 7.05 Å². The lowest BCUT2D eigenvalue weighted by Gasteiger charge is -2.31. The first kappa shape index (κ1) is 14.1. The van der Waals surface area contributed by atoms with Gasteiger partial charge in [-0.05, 0) is 25.8 Å². The summed E-state index contributed by atoms with van der Waals surface area (Å²) >= 11 is 5.15. The van der Waals surface area contributed by atoms with E-state index in [1.54, 1.807) is 18.2 Å². The van der Waals surface area contributed by atoms with Crippen LogP contribution in [0.2, 0.25) is 0 Å². The highest BCUT2D eigenvalue weighted by Crippen LogP contribution is 2.40. The van der Waals surface area contributed by atoms with E-state index in [1.807, 2.05) is 13.0 Å². The van der Waals surface area contributed by atoms with Gasteiger partial charge in [-0.25, -0.2) is 0 Å². The molecule has 0 radical (unpaired) electrons. The van der Waals surface area contributed by atoms with Crippen LogP contribution in [0.25, 0.3) is 0 Å². The lowest BCUT2D eigenvalue weighted by Crippen LogP contribution is -2.47. The van der Waals surface area contributed by atoms with Crippen LogP contribution in [0.1, 0.15) is 37.0 Å². The molecule has 0 saturated heterocycles. The van der Waals surface area contributed by atoms with Crippen molar-refractivity contribution in [1.82, 2.24) is 4.90 Å². The third-order valence-corrected chi connectivity index (χ3v) is 4.45. The highest BCUT2D eigenvalue weighted by molar-refractivity contribution is 7.80. The normalized spacial score (nSPS) is 17.4.